The maximum Gasteiger partial charge on any atom is 0.330 e. The van der Waals surface area contributed by atoms with Crippen LogP contribution in [0, 0.1) is 20.8 Å². The van der Waals surface area contributed by atoms with Gasteiger partial charge >= 0.3 is 5.97 Å². The molecular weight excluding hydrogens is 270 g/mol. The van der Waals surface area contributed by atoms with Crippen molar-refractivity contribution in [3.05, 3.63) is 58.5 Å². The van der Waals surface area contributed by atoms with E-state index in [1.54, 1.807) is 25.1 Å². The van der Waals surface area contributed by atoms with Crippen LogP contribution in [0.4, 0.5) is 0 Å². The molecule has 2 N–H and O–H groups in total. The van der Waals surface area contributed by atoms with E-state index in [-0.39, 0.29) is 5.76 Å². The Morgan fingerprint density at radius 1 is 1.10 bits per heavy atom. The highest BCUT2D eigenvalue weighted by Crippen LogP contribution is 2.19. The van der Waals surface area contributed by atoms with E-state index in [0.717, 1.165) is 11.1 Å². The van der Waals surface area contributed by atoms with E-state index in [2.05, 4.69) is 5.32 Å². The lowest BCUT2D eigenvalue weighted by Crippen LogP contribution is -2.33. The molecule has 0 spiro atoms. The van der Waals surface area contributed by atoms with Gasteiger partial charge < -0.3 is 14.8 Å². The first-order valence-corrected chi connectivity index (χ1v) is 6.55. The highest BCUT2D eigenvalue weighted by Gasteiger charge is 2.24. The van der Waals surface area contributed by atoms with Crippen molar-refractivity contribution in [2.45, 2.75) is 26.8 Å². The molecule has 2 rings (SSSR count). The highest BCUT2D eigenvalue weighted by molar-refractivity contribution is 5.95. The Bertz CT molecular complexity index is 687. The van der Waals surface area contributed by atoms with E-state index in [9.17, 15) is 14.7 Å². The van der Waals surface area contributed by atoms with E-state index in [1.807, 2.05) is 19.9 Å². The van der Waals surface area contributed by atoms with Crippen molar-refractivity contribution < 1.29 is 19.1 Å². The molecule has 110 valence electrons. The Kier molecular flexibility index (Phi) is 4.12. The summed E-state index contributed by atoms with van der Waals surface area (Å²) in [4.78, 5) is 23.5. The van der Waals surface area contributed by atoms with Crippen molar-refractivity contribution in [2.24, 2.45) is 0 Å². The molecule has 5 nitrogen and oxygen atoms in total. The minimum Gasteiger partial charge on any atom is -0.479 e. The van der Waals surface area contributed by atoms with Gasteiger partial charge in [0.25, 0.3) is 5.91 Å². The average molecular weight is 287 g/mol. The lowest BCUT2D eigenvalue weighted by Gasteiger charge is -2.15. The van der Waals surface area contributed by atoms with Crippen LogP contribution in [0.15, 0.2) is 34.9 Å². The quantitative estimate of drug-likeness (QED) is 0.906. The number of amides is 1. The van der Waals surface area contributed by atoms with Gasteiger partial charge in [-0.05, 0) is 43.5 Å². The van der Waals surface area contributed by atoms with Crippen molar-refractivity contribution in [1.29, 1.82) is 0 Å². The summed E-state index contributed by atoms with van der Waals surface area (Å²) in [5.41, 5.74) is 3.23. The standard InChI is InChI=1S/C16H17NO4/c1-9-4-5-12(8-11(9)3)13(16(19)20)17-15(18)14-10(2)6-7-21-14/h4-8,13H,1-3H3,(H,17,18)(H,19,20). The van der Waals surface area contributed by atoms with Gasteiger partial charge in [0.05, 0.1) is 6.26 Å². The molecule has 2 aromatic rings. The number of carboxylic acids is 1. The first-order chi connectivity index (χ1) is 9.90. The average Bonchev–Trinajstić information content (AvgIpc) is 2.85. The molecule has 1 amide bonds. The van der Waals surface area contributed by atoms with E-state index < -0.39 is 17.9 Å². The van der Waals surface area contributed by atoms with Gasteiger partial charge in [0.15, 0.2) is 11.8 Å². The Balaban J connectivity index is 2.28. The van der Waals surface area contributed by atoms with E-state index in [1.165, 1.54) is 6.26 Å². The molecule has 0 radical (unpaired) electrons. The predicted molar refractivity (Wildman–Crippen MR) is 77.2 cm³/mol. The molecule has 1 unspecified atom stereocenters. The van der Waals surface area contributed by atoms with Gasteiger partial charge in [0, 0.05) is 5.56 Å². The second-order valence-corrected chi connectivity index (χ2v) is 5.02. The third-order valence-electron chi connectivity index (χ3n) is 3.45. The van der Waals surface area contributed by atoms with Gasteiger partial charge in [-0.3, -0.25) is 4.79 Å². The maximum absolute atomic E-state index is 12.1. The van der Waals surface area contributed by atoms with Gasteiger partial charge in [-0.2, -0.15) is 0 Å². The fourth-order valence-electron chi connectivity index (χ4n) is 2.03. The van der Waals surface area contributed by atoms with E-state index in [4.69, 9.17) is 4.42 Å². The molecule has 0 saturated carbocycles. The summed E-state index contributed by atoms with van der Waals surface area (Å²) in [7, 11) is 0. The summed E-state index contributed by atoms with van der Waals surface area (Å²) in [6, 6.07) is 5.85. The van der Waals surface area contributed by atoms with Crippen LogP contribution in [0.1, 0.15) is 38.9 Å². The Morgan fingerprint density at radius 3 is 2.33 bits per heavy atom. The number of rotatable bonds is 4. The molecule has 5 heteroatoms. The fourth-order valence-corrected chi connectivity index (χ4v) is 2.03. The number of hydrogen-bond donors (Lipinski definition) is 2. The predicted octanol–water partition coefficient (Wildman–Crippen LogP) is 2.76. The van der Waals surface area contributed by atoms with Crippen LogP contribution < -0.4 is 5.32 Å². The summed E-state index contributed by atoms with van der Waals surface area (Å²) >= 11 is 0. The number of carbonyl (C=O) groups excluding carboxylic acids is 1. The number of aryl methyl sites for hydroxylation is 3. The molecular formula is C16H17NO4. The van der Waals surface area contributed by atoms with Gasteiger partial charge in [0.1, 0.15) is 0 Å². The number of benzene rings is 1. The van der Waals surface area contributed by atoms with E-state index in [0.29, 0.717) is 11.1 Å². The zero-order chi connectivity index (χ0) is 15.6. The van der Waals surface area contributed by atoms with Gasteiger partial charge in [-0.1, -0.05) is 18.2 Å². The third-order valence-corrected chi connectivity index (χ3v) is 3.45. The lowest BCUT2D eigenvalue weighted by atomic mass is 10.0. The van der Waals surface area contributed by atoms with Crippen LogP contribution in [0.25, 0.3) is 0 Å². The van der Waals surface area contributed by atoms with Gasteiger partial charge in [0.2, 0.25) is 0 Å². The Labute approximate surface area is 122 Å². The van der Waals surface area contributed by atoms with Crippen molar-refractivity contribution in [2.75, 3.05) is 0 Å². The fraction of sp³-hybridized carbons (Fsp3) is 0.250. The second kappa shape index (κ2) is 5.83. The summed E-state index contributed by atoms with van der Waals surface area (Å²) < 4.78 is 5.08. The maximum atomic E-state index is 12.1. The summed E-state index contributed by atoms with van der Waals surface area (Å²) in [6.45, 7) is 5.57. The van der Waals surface area contributed by atoms with Crippen LogP contribution in [-0.2, 0) is 4.79 Å². The summed E-state index contributed by atoms with van der Waals surface area (Å²) in [5.74, 6) is -1.52. The van der Waals surface area contributed by atoms with Crippen molar-refractivity contribution in [3.63, 3.8) is 0 Å². The molecule has 1 atom stereocenters. The van der Waals surface area contributed by atoms with E-state index >= 15 is 0 Å². The van der Waals surface area contributed by atoms with Crippen LogP contribution in [0.2, 0.25) is 0 Å². The van der Waals surface area contributed by atoms with Crippen molar-refractivity contribution in [3.8, 4) is 0 Å². The number of aliphatic carboxylic acids is 1. The topological polar surface area (TPSA) is 79.5 Å². The second-order valence-electron chi connectivity index (χ2n) is 5.02. The molecule has 0 aliphatic rings. The highest BCUT2D eigenvalue weighted by atomic mass is 16.4. The Hall–Kier alpha value is -2.56. The van der Waals surface area contributed by atoms with Crippen LogP contribution in [-0.4, -0.2) is 17.0 Å². The molecule has 0 aliphatic heterocycles. The van der Waals surface area contributed by atoms with Crippen molar-refractivity contribution >= 4 is 11.9 Å². The van der Waals surface area contributed by atoms with Crippen LogP contribution in [0.5, 0.6) is 0 Å². The van der Waals surface area contributed by atoms with Crippen LogP contribution >= 0.6 is 0 Å². The monoisotopic (exact) mass is 287 g/mol. The summed E-state index contributed by atoms with van der Waals surface area (Å²) in [6.07, 6.45) is 1.40. The molecule has 0 bridgehead atoms. The zero-order valence-electron chi connectivity index (χ0n) is 12.1. The van der Waals surface area contributed by atoms with Gasteiger partial charge in [-0.25, -0.2) is 4.79 Å². The number of carbonyl (C=O) groups is 2. The molecule has 0 aliphatic carbocycles. The largest absolute Gasteiger partial charge is 0.479 e. The third kappa shape index (κ3) is 3.13. The SMILES string of the molecule is Cc1ccc(C(NC(=O)c2occc2C)C(=O)O)cc1C. The Morgan fingerprint density at radius 2 is 1.81 bits per heavy atom. The van der Waals surface area contributed by atoms with Crippen LogP contribution in [0.3, 0.4) is 0 Å². The van der Waals surface area contributed by atoms with Gasteiger partial charge in [-0.15, -0.1) is 0 Å². The molecule has 0 fully saturated rings. The first-order valence-electron chi connectivity index (χ1n) is 6.55. The lowest BCUT2D eigenvalue weighted by molar-refractivity contribution is -0.139. The molecule has 0 saturated heterocycles. The zero-order valence-corrected chi connectivity index (χ0v) is 12.1. The molecule has 1 aromatic carbocycles. The minimum atomic E-state index is -1.11. The number of carboxylic acid groups (broad SMARTS) is 1. The number of nitrogens with one attached hydrogen (secondary N) is 1. The molecule has 1 aromatic heterocycles. The first kappa shape index (κ1) is 14.8. The number of hydrogen-bond acceptors (Lipinski definition) is 3. The minimum absolute atomic E-state index is 0.130. The smallest absolute Gasteiger partial charge is 0.330 e. The number of furan rings is 1. The molecule has 1 heterocycles. The normalized spacial score (nSPS) is 12.0. The molecule has 21 heavy (non-hydrogen) atoms. The van der Waals surface area contributed by atoms with Crippen molar-refractivity contribution in [1.82, 2.24) is 5.32 Å². The summed E-state index contributed by atoms with van der Waals surface area (Å²) in [5, 5.41) is 11.8.